The van der Waals surface area contributed by atoms with Crippen molar-refractivity contribution in [3.05, 3.63) is 21.2 Å². The molecule has 1 fully saturated rings. The fourth-order valence-electron chi connectivity index (χ4n) is 3.54. The average molecular weight is 324 g/mol. The van der Waals surface area contributed by atoms with Gasteiger partial charge in [0, 0.05) is 35.6 Å². The van der Waals surface area contributed by atoms with Crippen LogP contribution >= 0.6 is 15.9 Å². The lowest BCUT2D eigenvalue weighted by Gasteiger charge is -2.18. The number of halogens is 1. The second-order valence-electron chi connectivity index (χ2n) is 5.60. The summed E-state index contributed by atoms with van der Waals surface area (Å²) in [5.41, 5.74) is 4.09. The van der Waals surface area contributed by atoms with Crippen molar-refractivity contribution in [2.24, 2.45) is 0 Å². The first-order valence-corrected chi connectivity index (χ1v) is 7.99. The second-order valence-corrected chi connectivity index (χ2v) is 6.40. The van der Waals surface area contributed by atoms with Gasteiger partial charge in [0.15, 0.2) is 0 Å². The highest BCUT2D eigenvalue weighted by Gasteiger charge is 2.31. The number of fused-ring (bicyclic) bond motifs is 2. The van der Waals surface area contributed by atoms with Crippen LogP contribution in [0.15, 0.2) is 4.47 Å². The van der Waals surface area contributed by atoms with Crippen LogP contribution in [0.25, 0.3) is 0 Å². The van der Waals surface area contributed by atoms with Crippen molar-refractivity contribution in [2.75, 3.05) is 19.8 Å². The summed E-state index contributed by atoms with van der Waals surface area (Å²) < 4.78 is 12.9. The molecule has 3 nitrogen and oxygen atoms in total. The van der Waals surface area contributed by atoms with Crippen molar-refractivity contribution in [3.63, 3.8) is 0 Å². The Morgan fingerprint density at radius 1 is 1.11 bits per heavy atom. The average Bonchev–Trinajstić information content (AvgIpc) is 3.13. The molecule has 3 aliphatic rings. The van der Waals surface area contributed by atoms with Gasteiger partial charge in [0.25, 0.3) is 0 Å². The minimum atomic E-state index is 0.610. The molecule has 4 heteroatoms. The Kier molecular flexibility index (Phi) is 2.96. The van der Waals surface area contributed by atoms with Gasteiger partial charge in [-0.25, -0.2) is 0 Å². The van der Waals surface area contributed by atoms with E-state index in [0.29, 0.717) is 6.04 Å². The van der Waals surface area contributed by atoms with E-state index in [2.05, 4.69) is 21.2 Å². The van der Waals surface area contributed by atoms with E-state index < -0.39 is 0 Å². The molecule has 1 unspecified atom stereocenters. The predicted molar refractivity (Wildman–Crippen MR) is 77.3 cm³/mol. The zero-order valence-corrected chi connectivity index (χ0v) is 12.5. The van der Waals surface area contributed by atoms with Gasteiger partial charge in [-0.2, -0.15) is 0 Å². The Balaban J connectivity index is 1.80. The summed E-state index contributed by atoms with van der Waals surface area (Å²) >= 11 is 3.71. The van der Waals surface area contributed by atoms with Gasteiger partial charge in [-0.1, -0.05) is 0 Å². The third-order valence-electron chi connectivity index (χ3n) is 4.46. The van der Waals surface area contributed by atoms with E-state index in [0.717, 1.165) is 55.0 Å². The molecule has 4 rings (SSSR count). The Hall–Kier alpha value is -0.740. The molecular weight excluding hydrogens is 306 g/mol. The summed E-state index contributed by atoms with van der Waals surface area (Å²) in [7, 11) is 0. The molecule has 102 valence electrons. The molecular formula is C15H18BrNO2. The molecule has 1 aromatic carbocycles. The standard InChI is InChI=1S/C15H18BrNO2/c16-13-11-4-7-18-14(11)12(8-9-2-1-5-17-9)10-3-6-19-15(10)13/h9,17H,1-8H2. The molecule has 0 saturated carbocycles. The number of hydrogen-bond donors (Lipinski definition) is 1. The van der Waals surface area contributed by atoms with E-state index in [1.54, 1.807) is 0 Å². The highest BCUT2D eigenvalue weighted by molar-refractivity contribution is 9.10. The molecule has 1 saturated heterocycles. The molecule has 1 N–H and O–H groups in total. The van der Waals surface area contributed by atoms with Crippen LogP contribution in [0.1, 0.15) is 29.5 Å². The van der Waals surface area contributed by atoms with Crippen LogP contribution < -0.4 is 14.8 Å². The number of nitrogens with one attached hydrogen (secondary N) is 1. The Morgan fingerprint density at radius 3 is 2.68 bits per heavy atom. The summed E-state index contributed by atoms with van der Waals surface area (Å²) in [4.78, 5) is 0. The fourth-order valence-corrected chi connectivity index (χ4v) is 4.27. The monoisotopic (exact) mass is 323 g/mol. The molecule has 19 heavy (non-hydrogen) atoms. The van der Waals surface area contributed by atoms with Crippen molar-refractivity contribution in [1.29, 1.82) is 0 Å². The van der Waals surface area contributed by atoms with Crippen LogP contribution in [-0.2, 0) is 19.3 Å². The minimum absolute atomic E-state index is 0.610. The molecule has 0 aromatic heterocycles. The first-order chi connectivity index (χ1) is 9.34. The lowest BCUT2D eigenvalue weighted by Crippen LogP contribution is -2.24. The van der Waals surface area contributed by atoms with Gasteiger partial charge in [-0.15, -0.1) is 0 Å². The smallest absolute Gasteiger partial charge is 0.137 e. The first kappa shape index (κ1) is 12.0. The molecule has 3 heterocycles. The summed E-state index contributed by atoms with van der Waals surface area (Å²) in [6.07, 6.45) is 5.68. The summed E-state index contributed by atoms with van der Waals surface area (Å²) in [6.45, 7) is 2.77. The van der Waals surface area contributed by atoms with Crippen molar-refractivity contribution >= 4 is 15.9 Å². The van der Waals surface area contributed by atoms with E-state index in [-0.39, 0.29) is 0 Å². The van der Waals surface area contributed by atoms with Crippen LogP contribution in [-0.4, -0.2) is 25.8 Å². The maximum atomic E-state index is 5.93. The van der Waals surface area contributed by atoms with Crippen molar-refractivity contribution in [3.8, 4) is 11.5 Å². The molecule has 0 bridgehead atoms. The van der Waals surface area contributed by atoms with E-state index in [4.69, 9.17) is 9.47 Å². The SMILES string of the molecule is Brc1c2c(c(CC3CCCN3)c3c1OCC3)OCC2. The van der Waals surface area contributed by atoms with Crippen molar-refractivity contribution in [2.45, 2.75) is 38.1 Å². The van der Waals surface area contributed by atoms with Gasteiger partial charge in [0.2, 0.25) is 0 Å². The molecule has 0 amide bonds. The molecule has 1 aromatic rings. The quantitative estimate of drug-likeness (QED) is 0.907. The number of rotatable bonds is 2. The van der Waals surface area contributed by atoms with Gasteiger partial charge in [-0.05, 0) is 41.7 Å². The minimum Gasteiger partial charge on any atom is -0.493 e. The van der Waals surface area contributed by atoms with E-state index in [1.165, 1.54) is 29.5 Å². The van der Waals surface area contributed by atoms with Crippen LogP contribution in [0.4, 0.5) is 0 Å². The topological polar surface area (TPSA) is 30.5 Å². The second kappa shape index (κ2) is 4.67. The van der Waals surface area contributed by atoms with E-state index in [1.807, 2.05) is 0 Å². The number of benzene rings is 1. The van der Waals surface area contributed by atoms with Gasteiger partial charge < -0.3 is 14.8 Å². The lowest BCUT2D eigenvalue weighted by atomic mass is 9.94. The third-order valence-corrected chi connectivity index (χ3v) is 5.30. The lowest BCUT2D eigenvalue weighted by molar-refractivity contribution is 0.351. The first-order valence-electron chi connectivity index (χ1n) is 7.19. The molecule has 0 aliphatic carbocycles. The van der Waals surface area contributed by atoms with Crippen LogP contribution in [0.3, 0.4) is 0 Å². The summed E-state index contributed by atoms with van der Waals surface area (Å²) in [5, 5.41) is 3.59. The van der Waals surface area contributed by atoms with Crippen LogP contribution in [0, 0.1) is 0 Å². The van der Waals surface area contributed by atoms with Crippen molar-refractivity contribution in [1.82, 2.24) is 5.32 Å². The Morgan fingerprint density at radius 2 is 1.89 bits per heavy atom. The third kappa shape index (κ3) is 1.88. The predicted octanol–water partition coefficient (Wildman–Crippen LogP) is 2.61. The Bertz CT molecular complexity index is 488. The summed E-state index contributed by atoms with van der Waals surface area (Å²) in [6, 6.07) is 0.610. The number of hydrogen-bond acceptors (Lipinski definition) is 3. The van der Waals surface area contributed by atoms with Gasteiger partial charge in [-0.3, -0.25) is 0 Å². The largest absolute Gasteiger partial charge is 0.493 e. The van der Waals surface area contributed by atoms with Gasteiger partial charge >= 0.3 is 0 Å². The zero-order chi connectivity index (χ0) is 12.8. The Labute approximate surface area is 121 Å². The highest BCUT2D eigenvalue weighted by atomic mass is 79.9. The van der Waals surface area contributed by atoms with Crippen LogP contribution in [0.5, 0.6) is 11.5 Å². The zero-order valence-electron chi connectivity index (χ0n) is 10.9. The van der Waals surface area contributed by atoms with Gasteiger partial charge in [0.05, 0.1) is 17.7 Å². The molecule has 1 atom stereocenters. The molecule has 0 radical (unpaired) electrons. The van der Waals surface area contributed by atoms with E-state index in [9.17, 15) is 0 Å². The van der Waals surface area contributed by atoms with Crippen LogP contribution in [0.2, 0.25) is 0 Å². The summed E-state index contributed by atoms with van der Waals surface area (Å²) in [5.74, 6) is 2.22. The normalized spacial score (nSPS) is 23.9. The van der Waals surface area contributed by atoms with E-state index >= 15 is 0 Å². The van der Waals surface area contributed by atoms with Crippen molar-refractivity contribution < 1.29 is 9.47 Å². The fraction of sp³-hybridized carbons (Fsp3) is 0.600. The molecule has 0 spiro atoms. The highest BCUT2D eigenvalue weighted by Crippen LogP contribution is 2.47. The number of ether oxygens (including phenoxy) is 2. The maximum Gasteiger partial charge on any atom is 0.137 e. The van der Waals surface area contributed by atoms with Gasteiger partial charge in [0.1, 0.15) is 11.5 Å². The molecule has 3 aliphatic heterocycles. The maximum absolute atomic E-state index is 5.93.